The first kappa shape index (κ1) is 13.8. The topological polar surface area (TPSA) is 52.6 Å². The summed E-state index contributed by atoms with van der Waals surface area (Å²) in [6.07, 6.45) is 2.46. The van der Waals surface area contributed by atoms with Gasteiger partial charge in [-0.2, -0.15) is 0 Å². The maximum atomic E-state index is 12.3. The van der Waals surface area contributed by atoms with Crippen LogP contribution in [0.1, 0.15) is 39.5 Å². The Morgan fingerprint density at radius 3 is 1.83 bits per heavy atom. The van der Waals surface area contributed by atoms with Crippen LogP contribution in [0.15, 0.2) is 10.8 Å². The Bertz CT molecular complexity index is 356. The van der Waals surface area contributed by atoms with Crippen LogP contribution in [0.4, 0.5) is 0 Å². The minimum Gasteiger partial charge on any atom is -0.402 e. The van der Waals surface area contributed by atoms with Crippen molar-refractivity contribution in [3.8, 4) is 0 Å². The normalized spacial score (nSPS) is 24.1. The summed E-state index contributed by atoms with van der Waals surface area (Å²) in [5.41, 5.74) is -1.10. The highest BCUT2D eigenvalue weighted by atomic mass is 32.2. The molecule has 0 saturated carbocycles. The monoisotopic (exact) mass is 288 g/mol. The Morgan fingerprint density at radius 2 is 1.44 bits per heavy atom. The number of carbonyl (C=O) groups is 2. The molecule has 0 amide bonds. The molecule has 0 N–H and O–H groups in total. The van der Waals surface area contributed by atoms with Crippen LogP contribution in [0.5, 0.6) is 0 Å². The molecule has 0 aromatic rings. The van der Waals surface area contributed by atoms with Crippen LogP contribution >= 0.6 is 23.5 Å². The largest absolute Gasteiger partial charge is 0.402 e. The fourth-order valence-electron chi connectivity index (χ4n) is 2.26. The van der Waals surface area contributed by atoms with Crippen molar-refractivity contribution in [1.82, 2.24) is 0 Å². The van der Waals surface area contributed by atoms with E-state index < -0.39 is 21.8 Å². The van der Waals surface area contributed by atoms with Gasteiger partial charge in [0.25, 0.3) is 0 Å². The lowest BCUT2D eigenvalue weighted by Gasteiger charge is -2.40. The molecule has 2 aliphatic heterocycles. The van der Waals surface area contributed by atoms with E-state index in [-0.39, 0.29) is 0 Å². The molecule has 4 nitrogen and oxygen atoms in total. The van der Waals surface area contributed by atoms with Gasteiger partial charge in [0.1, 0.15) is 0 Å². The predicted octanol–water partition coefficient (Wildman–Crippen LogP) is 3.24. The van der Waals surface area contributed by atoms with E-state index in [1.54, 1.807) is 10.8 Å². The number of esters is 2. The number of thioether (sulfide) groups is 2. The molecule has 6 heteroatoms. The number of rotatable bonds is 4. The van der Waals surface area contributed by atoms with Gasteiger partial charge < -0.3 is 9.47 Å². The van der Waals surface area contributed by atoms with E-state index in [0.29, 0.717) is 12.8 Å². The molecule has 1 saturated heterocycles. The SMILES string of the molecule is CCCC1(CCC)C(=O)OC2(OC1=O)SC=CS2. The lowest BCUT2D eigenvalue weighted by molar-refractivity contribution is -0.215. The van der Waals surface area contributed by atoms with E-state index >= 15 is 0 Å². The molecule has 2 heterocycles. The molecule has 0 atom stereocenters. The van der Waals surface area contributed by atoms with Gasteiger partial charge in [-0.25, -0.2) is 0 Å². The Balaban J connectivity index is 2.23. The first-order valence-electron chi connectivity index (χ1n) is 6.06. The van der Waals surface area contributed by atoms with Crippen LogP contribution in [-0.4, -0.2) is 16.4 Å². The zero-order valence-electron chi connectivity index (χ0n) is 10.4. The quantitative estimate of drug-likeness (QED) is 0.585. The van der Waals surface area contributed by atoms with Crippen LogP contribution < -0.4 is 0 Å². The Labute approximate surface area is 115 Å². The van der Waals surface area contributed by atoms with Gasteiger partial charge in [-0.15, -0.1) is 0 Å². The first-order chi connectivity index (χ1) is 8.58. The molecule has 18 heavy (non-hydrogen) atoms. The maximum absolute atomic E-state index is 12.3. The molecular formula is C12H16O4S2. The summed E-state index contributed by atoms with van der Waals surface area (Å²) in [6.45, 7) is 3.89. The van der Waals surface area contributed by atoms with Gasteiger partial charge in [0.2, 0.25) is 0 Å². The molecule has 0 bridgehead atoms. The average molecular weight is 288 g/mol. The van der Waals surface area contributed by atoms with Crippen LogP contribution in [0.3, 0.4) is 0 Å². The molecular weight excluding hydrogens is 272 g/mol. The number of hydrogen-bond donors (Lipinski definition) is 0. The predicted molar refractivity (Wildman–Crippen MR) is 71.5 cm³/mol. The zero-order valence-corrected chi connectivity index (χ0v) is 12.1. The van der Waals surface area contributed by atoms with Gasteiger partial charge in [-0.1, -0.05) is 26.7 Å². The minimum absolute atomic E-state index is 0.439. The number of carbonyl (C=O) groups excluding carboxylic acids is 2. The summed E-state index contributed by atoms with van der Waals surface area (Å²) >= 11 is 2.41. The summed E-state index contributed by atoms with van der Waals surface area (Å²) < 4.78 is 9.61. The highest BCUT2D eigenvalue weighted by molar-refractivity contribution is 8.23. The molecule has 1 fully saturated rings. The third kappa shape index (κ3) is 2.16. The fourth-order valence-corrected chi connectivity index (χ4v) is 4.09. The first-order valence-corrected chi connectivity index (χ1v) is 7.82. The standard InChI is InChI=1S/C12H16O4S2/c1-3-5-11(6-4-2)9(13)15-12(16-10(11)14)17-7-8-18-12/h7-8H,3-6H2,1-2H3. The van der Waals surface area contributed by atoms with E-state index in [0.717, 1.165) is 12.8 Å². The van der Waals surface area contributed by atoms with Crippen molar-refractivity contribution in [2.75, 3.05) is 0 Å². The molecule has 1 spiro atoms. The molecule has 0 aromatic heterocycles. The Hall–Kier alpha value is -0.620. The van der Waals surface area contributed by atoms with Crippen molar-refractivity contribution in [3.63, 3.8) is 0 Å². The van der Waals surface area contributed by atoms with Crippen molar-refractivity contribution in [2.45, 2.75) is 44.0 Å². The highest BCUT2D eigenvalue weighted by Crippen LogP contribution is 2.52. The number of hydrogen-bond acceptors (Lipinski definition) is 6. The lowest BCUT2D eigenvalue weighted by atomic mass is 9.79. The second-order valence-corrected chi connectivity index (χ2v) is 6.72. The molecule has 100 valence electrons. The number of ether oxygens (including phenoxy) is 2. The third-order valence-electron chi connectivity index (χ3n) is 3.05. The van der Waals surface area contributed by atoms with E-state index in [9.17, 15) is 9.59 Å². The highest BCUT2D eigenvalue weighted by Gasteiger charge is 2.59. The van der Waals surface area contributed by atoms with Gasteiger partial charge in [0.05, 0.1) is 0 Å². The van der Waals surface area contributed by atoms with Gasteiger partial charge in [-0.05, 0) is 47.2 Å². The molecule has 2 aliphatic rings. The second kappa shape index (κ2) is 5.17. The van der Waals surface area contributed by atoms with Gasteiger partial charge in [-0.3, -0.25) is 9.59 Å². The van der Waals surface area contributed by atoms with Gasteiger partial charge in [0, 0.05) is 0 Å². The van der Waals surface area contributed by atoms with Crippen molar-refractivity contribution in [2.24, 2.45) is 5.41 Å². The van der Waals surface area contributed by atoms with Crippen LogP contribution in [0.2, 0.25) is 0 Å². The van der Waals surface area contributed by atoms with Gasteiger partial charge in [0.15, 0.2) is 5.41 Å². The zero-order chi connectivity index (χ0) is 13.2. The second-order valence-electron chi connectivity index (χ2n) is 4.37. The summed E-state index contributed by atoms with van der Waals surface area (Å²) in [7, 11) is 0. The molecule has 0 aromatic carbocycles. The average Bonchev–Trinajstić information content (AvgIpc) is 2.75. The minimum atomic E-state index is -1.21. The Morgan fingerprint density at radius 1 is 1.00 bits per heavy atom. The third-order valence-corrected chi connectivity index (χ3v) is 5.26. The van der Waals surface area contributed by atoms with E-state index in [4.69, 9.17) is 9.47 Å². The van der Waals surface area contributed by atoms with Crippen molar-refractivity contribution < 1.29 is 19.1 Å². The van der Waals surface area contributed by atoms with Crippen molar-refractivity contribution >= 4 is 35.5 Å². The van der Waals surface area contributed by atoms with Crippen molar-refractivity contribution in [1.29, 1.82) is 0 Å². The summed E-state index contributed by atoms with van der Waals surface area (Å²) in [6, 6.07) is 0. The summed E-state index contributed by atoms with van der Waals surface area (Å²) in [5, 5.41) is 3.52. The fraction of sp³-hybridized carbons (Fsp3) is 0.667. The lowest BCUT2D eigenvalue weighted by Crippen LogP contribution is -2.53. The van der Waals surface area contributed by atoms with Crippen LogP contribution in [0.25, 0.3) is 0 Å². The molecule has 0 radical (unpaired) electrons. The van der Waals surface area contributed by atoms with E-state index in [2.05, 4.69) is 0 Å². The smallest absolute Gasteiger partial charge is 0.366 e. The van der Waals surface area contributed by atoms with E-state index in [1.165, 1.54) is 23.5 Å². The van der Waals surface area contributed by atoms with Crippen molar-refractivity contribution in [3.05, 3.63) is 10.8 Å². The summed E-state index contributed by atoms with van der Waals surface area (Å²) in [5.74, 6) is -0.877. The molecule has 0 aliphatic carbocycles. The van der Waals surface area contributed by atoms with Crippen LogP contribution in [0, 0.1) is 5.41 Å². The molecule has 2 rings (SSSR count). The summed E-state index contributed by atoms with van der Waals surface area (Å²) in [4.78, 5) is 24.6. The Kier molecular flexibility index (Phi) is 3.96. The maximum Gasteiger partial charge on any atom is 0.366 e. The van der Waals surface area contributed by atoms with Crippen LogP contribution in [-0.2, 0) is 19.1 Å². The molecule has 0 unspecified atom stereocenters. The van der Waals surface area contributed by atoms with Gasteiger partial charge >= 0.3 is 16.4 Å². The van der Waals surface area contributed by atoms with E-state index in [1.807, 2.05) is 13.8 Å².